The first-order valence-corrected chi connectivity index (χ1v) is 15.9. The van der Waals surface area contributed by atoms with Crippen LogP contribution in [-0.2, 0) is 0 Å². The fourth-order valence-electron chi connectivity index (χ4n) is 5.46. The molecule has 1 fully saturated rings. The van der Waals surface area contributed by atoms with Crippen molar-refractivity contribution in [2.45, 2.75) is 46.5 Å². The Kier molecular flexibility index (Phi) is 10.9. The molecule has 0 saturated carbocycles. The second-order valence-corrected chi connectivity index (χ2v) is 12.0. The number of benzene rings is 3. The number of ether oxygens (including phenoxy) is 2. The van der Waals surface area contributed by atoms with E-state index in [1.54, 1.807) is 6.07 Å². The molecule has 1 aliphatic rings. The summed E-state index contributed by atoms with van der Waals surface area (Å²) in [5.74, 6) is -2.41. The fraction of sp³-hybridized carbons (Fsp3) is 0.343. The van der Waals surface area contributed by atoms with Crippen LogP contribution < -0.4 is 19.7 Å². The van der Waals surface area contributed by atoms with Crippen molar-refractivity contribution in [2.75, 3.05) is 43.5 Å². The largest absolute Gasteiger partial charge is 0.490 e. The maximum atomic E-state index is 15.0. The Morgan fingerprint density at radius 1 is 0.936 bits per heavy atom. The van der Waals surface area contributed by atoms with Gasteiger partial charge >= 0.3 is 6.09 Å². The Hall–Kier alpha value is -4.35. The maximum absolute atomic E-state index is 15.0. The first kappa shape index (κ1) is 34.0. The summed E-state index contributed by atoms with van der Waals surface area (Å²) < 4.78 is 54.9. The third kappa shape index (κ3) is 8.15. The average molecular weight is 668 g/mol. The molecule has 3 aromatic carbocycles. The summed E-state index contributed by atoms with van der Waals surface area (Å²) in [6.07, 6.45) is 3.43. The molecule has 1 N–H and O–H groups in total. The van der Waals surface area contributed by atoms with Gasteiger partial charge in [-0.1, -0.05) is 30.2 Å². The van der Waals surface area contributed by atoms with Gasteiger partial charge in [0, 0.05) is 37.0 Å². The van der Waals surface area contributed by atoms with Gasteiger partial charge in [0.05, 0.1) is 12.3 Å². The Morgan fingerprint density at radius 3 is 2.43 bits per heavy atom. The van der Waals surface area contributed by atoms with Crippen molar-refractivity contribution in [3.05, 3.63) is 87.7 Å². The molecule has 0 atom stereocenters. The molecular weight excluding hydrogens is 631 g/mol. The van der Waals surface area contributed by atoms with Crippen LogP contribution in [0.4, 0.5) is 35.3 Å². The van der Waals surface area contributed by atoms with Crippen molar-refractivity contribution in [2.24, 2.45) is 0 Å². The monoisotopic (exact) mass is 667 g/mol. The highest BCUT2D eigenvalue weighted by molar-refractivity contribution is 6.33. The van der Waals surface area contributed by atoms with Crippen LogP contribution in [-0.4, -0.2) is 54.2 Å². The SMILES string of the molecule is Cc1ccc(-c2cc(OC(=O)N(C)c3c(F)ccc(F)c3Cl)nc(Nc3ccc(OCCCN4CCCCC4)c(F)c3)n2)c(C)c1C. The Bertz CT molecular complexity index is 1770. The van der Waals surface area contributed by atoms with Crippen LogP contribution in [0.2, 0.25) is 5.02 Å². The van der Waals surface area contributed by atoms with Crippen molar-refractivity contribution >= 4 is 35.0 Å². The molecule has 8 nitrogen and oxygen atoms in total. The van der Waals surface area contributed by atoms with E-state index in [4.69, 9.17) is 21.1 Å². The lowest BCUT2D eigenvalue weighted by Gasteiger charge is -2.26. The molecule has 2 heterocycles. The van der Waals surface area contributed by atoms with Gasteiger partial charge in [-0.2, -0.15) is 4.98 Å². The first-order valence-electron chi connectivity index (χ1n) is 15.5. The zero-order chi connectivity index (χ0) is 33.7. The van der Waals surface area contributed by atoms with Crippen molar-refractivity contribution in [1.82, 2.24) is 14.9 Å². The normalized spacial score (nSPS) is 13.4. The molecule has 47 heavy (non-hydrogen) atoms. The highest BCUT2D eigenvalue weighted by atomic mass is 35.5. The minimum absolute atomic E-state index is 0.00940. The molecule has 5 rings (SSSR count). The van der Waals surface area contributed by atoms with E-state index in [0.717, 1.165) is 65.3 Å². The zero-order valence-electron chi connectivity index (χ0n) is 26.8. The standard InChI is InChI=1S/C35H37ClF3N5O3/c1-21-9-11-25(23(3)22(21)2)29-20-31(47-35(45)43(4)33-27(38)13-12-26(37)32(33)36)42-34(41-29)40-24-10-14-30(28(39)19-24)46-18-8-17-44-15-6-5-7-16-44/h9-14,19-20H,5-8,15-18H2,1-4H3,(H,40,41,42). The molecule has 0 radical (unpaired) electrons. The average Bonchev–Trinajstić information content (AvgIpc) is 3.05. The van der Waals surface area contributed by atoms with E-state index < -0.39 is 34.3 Å². The smallest absolute Gasteiger partial charge is 0.420 e. The predicted octanol–water partition coefficient (Wildman–Crippen LogP) is 8.77. The molecule has 4 aromatic rings. The number of amides is 1. The third-order valence-corrected chi connectivity index (χ3v) is 8.73. The number of carbonyl (C=O) groups is 1. The molecule has 0 aliphatic carbocycles. The number of nitrogens with one attached hydrogen (secondary N) is 1. The van der Waals surface area contributed by atoms with E-state index in [0.29, 0.717) is 18.0 Å². The lowest BCUT2D eigenvalue weighted by Crippen LogP contribution is -2.31. The quantitative estimate of drug-likeness (QED) is 0.134. The van der Waals surface area contributed by atoms with Gasteiger partial charge in [0.2, 0.25) is 11.8 Å². The molecule has 0 bridgehead atoms. The number of piperidine rings is 1. The number of anilines is 3. The number of nitrogens with zero attached hydrogens (tertiary/aromatic N) is 4. The molecular formula is C35H37ClF3N5O3. The van der Waals surface area contributed by atoms with Crippen molar-refractivity contribution in [1.29, 1.82) is 0 Å². The van der Waals surface area contributed by atoms with Crippen molar-refractivity contribution in [3.63, 3.8) is 0 Å². The summed E-state index contributed by atoms with van der Waals surface area (Å²) >= 11 is 5.96. The summed E-state index contributed by atoms with van der Waals surface area (Å²) in [6.45, 7) is 9.44. The number of hydrogen-bond acceptors (Lipinski definition) is 7. The van der Waals surface area contributed by atoms with E-state index in [2.05, 4.69) is 20.2 Å². The maximum Gasteiger partial charge on any atom is 0.420 e. The molecule has 1 amide bonds. The predicted molar refractivity (Wildman–Crippen MR) is 178 cm³/mol. The third-order valence-electron chi connectivity index (χ3n) is 8.37. The summed E-state index contributed by atoms with van der Waals surface area (Å²) in [5.41, 5.74) is 4.11. The van der Waals surface area contributed by atoms with E-state index in [1.165, 1.54) is 44.5 Å². The minimum atomic E-state index is -1.07. The Morgan fingerprint density at radius 2 is 1.68 bits per heavy atom. The van der Waals surface area contributed by atoms with Crippen LogP contribution in [0.3, 0.4) is 0 Å². The summed E-state index contributed by atoms with van der Waals surface area (Å²) in [4.78, 5) is 25.2. The summed E-state index contributed by atoms with van der Waals surface area (Å²) in [7, 11) is 1.20. The molecule has 1 aliphatic heterocycles. The van der Waals surface area contributed by atoms with Crippen LogP contribution in [0.15, 0.2) is 48.5 Å². The lowest BCUT2D eigenvalue weighted by atomic mass is 9.97. The van der Waals surface area contributed by atoms with Gasteiger partial charge in [-0.3, -0.25) is 4.90 Å². The van der Waals surface area contributed by atoms with Crippen LogP contribution in [0.5, 0.6) is 11.6 Å². The first-order chi connectivity index (χ1) is 22.5. The van der Waals surface area contributed by atoms with Crippen LogP contribution in [0.25, 0.3) is 11.3 Å². The van der Waals surface area contributed by atoms with Gasteiger partial charge in [0.15, 0.2) is 11.6 Å². The second kappa shape index (κ2) is 15.0. The van der Waals surface area contributed by atoms with Gasteiger partial charge in [-0.25, -0.2) is 22.9 Å². The second-order valence-electron chi connectivity index (χ2n) is 11.6. The number of rotatable bonds is 10. The number of aryl methyl sites for hydroxylation is 1. The highest BCUT2D eigenvalue weighted by Gasteiger charge is 2.24. The number of carbonyl (C=O) groups excluding carboxylic acids is 1. The van der Waals surface area contributed by atoms with Gasteiger partial charge in [-0.05, 0) is 94.1 Å². The highest BCUT2D eigenvalue weighted by Crippen LogP contribution is 2.33. The molecule has 0 spiro atoms. The van der Waals surface area contributed by atoms with Crippen LogP contribution >= 0.6 is 11.6 Å². The van der Waals surface area contributed by atoms with Gasteiger partial charge in [0.1, 0.15) is 22.3 Å². The Labute approximate surface area is 277 Å². The summed E-state index contributed by atoms with van der Waals surface area (Å²) in [6, 6.07) is 11.4. The molecule has 0 unspecified atom stereocenters. The van der Waals surface area contributed by atoms with E-state index in [1.807, 2.05) is 32.9 Å². The lowest BCUT2D eigenvalue weighted by molar-refractivity contribution is 0.203. The number of likely N-dealkylation sites (tertiary alicyclic amines) is 1. The zero-order valence-corrected chi connectivity index (χ0v) is 27.6. The van der Waals surface area contributed by atoms with Gasteiger partial charge in [0.25, 0.3) is 0 Å². The van der Waals surface area contributed by atoms with Gasteiger partial charge in [-0.15, -0.1) is 0 Å². The minimum Gasteiger partial charge on any atom is -0.490 e. The molecule has 1 aromatic heterocycles. The van der Waals surface area contributed by atoms with Crippen molar-refractivity contribution in [3.8, 4) is 22.9 Å². The van der Waals surface area contributed by atoms with E-state index in [-0.39, 0.29) is 17.6 Å². The van der Waals surface area contributed by atoms with Gasteiger partial charge < -0.3 is 19.7 Å². The molecule has 248 valence electrons. The number of hydrogen-bond donors (Lipinski definition) is 1. The van der Waals surface area contributed by atoms with Crippen LogP contribution in [0.1, 0.15) is 42.4 Å². The Balaban J connectivity index is 1.37. The van der Waals surface area contributed by atoms with Crippen molar-refractivity contribution < 1.29 is 27.4 Å². The molecule has 1 saturated heterocycles. The van der Waals surface area contributed by atoms with Crippen LogP contribution in [0, 0.1) is 38.2 Å². The number of halogens is 4. The van der Waals surface area contributed by atoms with E-state index >= 15 is 4.39 Å². The topological polar surface area (TPSA) is 79.8 Å². The fourth-order valence-corrected chi connectivity index (χ4v) is 5.74. The summed E-state index contributed by atoms with van der Waals surface area (Å²) in [5, 5.41) is 2.41. The molecule has 12 heteroatoms. The van der Waals surface area contributed by atoms with E-state index in [9.17, 15) is 13.6 Å². The number of aromatic nitrogens is 2.